The minimum absolute atomic E-state index is 0.0488. The van der Waals surface area contributed by atoms with E-state index in [9.17, 15) is 10.1 Å². The zero-order valence-corrected chi connectivity index (χ0v) is 14.5. The Balaban J connectivity index is 1.73. The zero-order valence-electron chi connectivity index (χ0n) is 13.7. The second-order valence-electron chi connectivity index (χ2n) is 5.44. The molecule has 0 amide bonds. The van der Waals surface area contributed by atoms with Crippen molar-refractivity contribution in [2.45, 2.75) is 0 Å². The van der Waals surface area contributed by atoms with Gasteiger partial charge in [-0.05, 0) is 29.8 Å². The summed E-state index contributed by atoms with van der Waals surface area (Å²) in [6.07, 6.45) is 1.74. The molecule has 0 aliphatic heterocycles. The molecule has 0 N–H and O–H groups in total. The fourth-order valence-corrected chi connectivity index (χ4v) is 2.79. The summed E-state index contributed by atoms with van der Waals surface area (Å²) in [5.74, 6) is 0. The molecular weight excluding hydrogens is 338 g/mol. The highest BCUT2D eigenvalue weighted by Gasteiger charge is 2.09. The lowest BCUT2D eigenvalue weighted by atomic mass is 10.2. The number of nitrogens with zero attached hydrogens (tertiary/aromatic N) is 5. The molecule has 8 heteroatoms. The third-order valence-electron chi connectivity index (χ3n) is 3.47. The van der Waals surface area contributed by atoms with Gasteiger partial charge in [-0.2, -0.15) is 0 Å². The van der Waals surface area contributed by atoms with E-state index in [1.54, 1.807) is 18.3 Å². The molecule has 2 aromatic carbocycles. The largest absolute Gasteiger partial charge is 0.378 e. The molecule has 0 radical (unpaired) electrons. The highest BCUT2D eigenvalue weighted by Crippen LogP contribution is 2.29. The summed E-state index contributed by atoms with van der Waals surface area (Å²) in [4.78, 5) is 16.6. The van der Waals surface area contributed by atoms with Gasteiger partial charge < -0.3 is 4.90 Å². The van der Waals surface area contributed by atoms with E-state index in [1.165, 1.54) is 23.5 Å². The molecule has 0 spiro atoms. The van der Waals surface area contributed by atoms with Gasteiger partial charge in [-0.3, -0.25) is 10.1 Å². The van der Waals surface area contributed by atoms with E-state index in [2.05, 4.69) is 15.2 Å². The highest BCUT2D eigenvalue weighted by molar-refractivity contribution is 7.18. The number of rotatable bonds is 5. The van der Waals surface area contributed by atoms with Crippen LogP contribution in [0, 0.1) is 10.1 Å². The molecule has 0 aliphatic carbocycles. The lowest BCUT2D eigenvalue weighted by molar-refractivity contribution is -0.384. The fourth-order valence-electron chi connectivity index (χ4n) is 2.10. The SMILES string of the molecule is CN(C)c1ccc(/C=N/c2nnc(-c3ccc([N+](=O)[O-])cc3)s2)cc1. The van der Waals surface area contributed by atoms with Gasteiger partial charge in [0.05, 0.1) is 4.92 Å². The Morgan fingerprint density at radius 3 is 2.36 bits per heavy atom. The third kappa shape index (κ3) is 4.04. The van der Waals surface area contributed by atoms with Crippen molar-refractivity contribution in [2.75, 3.05) is 19.0 Å². The van der Waals surface area contributed by atoms with Crippen LogP contribution in [0.3, 0.4) is 0 Å². The highest BCUT2D eigenvalue weighted by atomic mass is 32.1. The molecule has 1 aromatic heterocycles. The van der Waals surface area contributed by atoms with Crippen molar-refractivity contribution in [1.29, 1.82) is 0 Å². The van der Waals surface area contributed by atoms with E-state index in [0.717, 1.165) is 16.8 Å². The number of benzene rings is 2. The van der Waals surface area contributed by atoms with Gasteiger partial charge in [-0.1, -0.05) is 23.5 Å². The van der Waals surface area contributed by atoms with Crippen LogP contribution in [0.5, 0.6) is 0 Å². The molecular formula is C17H15N5O2S. The second-order valence-corrected chi connectivity index (χ2v) is 6.39. The molecule has 0 saturated heterocycles. The van der Waals surface area contributed by atoms with Crippen molar-refractivity contribution < 1.29 is 4.92 Å². The molecule has 3 aromatic rings. The van der Waals surface area contributed by atoms with Gasteiger partial charge in [0.1, 0.15) is 5.01 Å². The lowest BCUT2D eigenvalue weighted by Crippen LogP contribution is -2.08. The molecule has 0 bridgehead atoms. The normalized spacial score (nSPS) is 11.0. The average Bonchev–Trinajstić information content (AvgIpc) is 3.09. The van der Waals surface area contributed by atoms with Crippen molar-refractivity contribution in [3.05, 3.63) is 64.2 Å². The number of anilines is 1. The number of hydrogen-bond acceptors (Lipinski definition) is 7. The second kappa shape index (κ2) is 7.18. The van der Waals surface area contributed by atoms with Gasteiger partial charge in [0.25, 0.3) is 5.69 Å². The van der Waals surface area contributed by atoms with Gasteiger partial charge in [0.2, 0.25) is 5.13 Å². The van der Waals surface area contributed by atoms with Crippen LogP contribution in [-0.4, -0.2) is 35.4 Å². The third-order valence-corrected chi connectivity index (χ3v) is 4.35. The number of aromatic nitrogens is 2. The first-order valence-corrected chi connectivity index (χ1v) is 8.24. The summed E-state index contributed by atoms with van der Waals surface area (Å²) in [5, 5.41) is 20.0. The number of aliphatic imine (C=N–C) groups is 1. The molecule has 0 fully saturated rings. The van der Waals surface area contributed by atoms with E-state index in [-0.39, 0.29) is 5.69 Å². The molecule has 25 heavy (non-hydrogen) atoms. The maximum Gasteiger partial charge on any atom is 0.269 e. The minimum Gasteiger partial charge on any atom is -0.378 e. The van der Waals surface area contributed by atoms with E-state index in [1.807, 2.05) is 43.3 Å². The lowest BCUT2D eigenvalue weighted by Gasteiger charge is -2.11. The average molecular weight is 353 g/mol. The molecule has 0 unspecified atom stereocenters. The van der Waals surface area contributed by atoms with Crippen molar-refractivity contribution in [3.63, 3.8) is 0 Å². The Labute approximate surface area is 148 Å². The molecule has 1 heterocycles. The van der Waals surface area contributed by atoms with Gasteiger partial charge in [-0.25, -0.2) is 4.99 Å². The number of nitro benzene ring substituents is 1. The summed E-state index contributed by atoms with van der Waals surface area (Å²) in [5.41, 5.74) is 2.92. The van der Waals surface area contributed by atoms with E-state index in [4.69, 9.17) is 0 Å². The molecule has 3 rings (SSSR count). The number of nitro groups is 1. The zero-order chi connectivity index (χ0) is 17.8. The standard InChI is InChI=1S/C17H15N5O2S/c1-21(2)14-7-3-12(4-8-14)11-18-17-20-19-16(25-17)13-5-9-15(10-6-13)22(23)24/h3-11H,1-2H3/b18-11+. The van der Waals surface area contributed by atoms with Crippen LogP contribution in [-0.2, 0) is 0 Å². The predicted octanol–water partition coefficient (Wildman–Crippen LogP) is 3.93. The van der Waals surface area contributed by atoms with Crippen LogP contribution in [0.15, 0.2) is 53.5 Å². The Kier molecular flexibility index (Phi) is 4.80. The van der Waals surface area contributed by atoms with Crippen LogP contribution < -0.4 is 4.90 Å². The smallest absolute Gasteiger partial charge is 0.269 e. The topological polar surface area (TPSA) is 84.5 Å². The Bertz CT molecular complexity index is 902. The van der Waals surface area contributed by atoms with Crippen molar-refractivity contribution in [1.82, 2.24) is 10.2 Å². The summed E-state index contributed by atoms with van der Waals surface area (Å²) in [7, 11) is 3.98. The first-order valence-electron chi connectivity index (χ1n) is 7.43. The van der Waals surface area contributed by atoms with Crippen LogP contribution in [0.1, 0.15) is 5.56 Å². The van der Waals surface area contributed by atoms with Crippen LogP contribution in [0.4, 0.5) is 16.5 Å². The van der Waals surface area contributed by atoms with Crippen molar-refractivity contribution >= 4 is 34.1 Å². The number of non-ortho nitro benzene ring substituents is 1. The quantitative estimate of drug-likeness (QED) is 0.394. The summed E-state index contributed by atoms with van der Waals surface area (Å²) in [6, 6.07) is 14.2. The Morgan fingerprint density at radius 1 is 1.08 bits per heavy atom. The van der Waals surface area contributed by atoms with E-state index in [0.29, 0.717) is 10.1 Å². The van der Waals surface area contributed by atoms with Crippen LogP contribution >= 0.6 is 11.3 Å². The van der Waals surface area contributed by atoms with E-state index < -0.39 is 4.92 Å². The monoisotopic (exact) mass is 353 g/mol. The first kappa shape index (κ1) is 16.7. The van der Waals surface area contributed by atoms with Crippen LogP contribution in [0.25, 0.3) is 10.6 Å². The molecule has 0 saturated carbocycles. The molecule has 0 atom stereocenters. The first-order chi connectivity index (χ1) is 12.0. The summed E-state index contributed by atoms with van der Waals surface area (Å²) in [6.45, 7) is 0. The van der Waals surface area contributed by atoms with E-state index >= 15 is 0 Å². The van der Waals surface area contributed by atoms with Gasteiger partial charge in [0, 0.05) is 43.7 Å². The number of hydrogen-bond donors (Lipinski definition) is 0. The predicted molar refractivity (Wildman–Crippen MR) is 100 cm³/mol. The molecule has 0 aliphatic rings. The van der Waals surface area contributed by atoms with Crippen molar-refractivity contribution in [3.8, 4) is 10.6 Å². The Morgan fingerprint density at radius 2 is 1.76 bits per heavy atom. The van der Waals surface area contributed by atoms with Gasteiger partial charge >= 0.3 is 0 Å². The van der Waals surface area contributed by atoms with Crippen LogP contribution in [0.2, 0.25) is 0 Å². The fraction of sp³-hybridized carbons (Fsp3) is 0.118. The van der Waals surface area contributed by atoms with Gasteiger partial charge in [0.15, 0.2) is 0 Å². The maximum atomic E-state index is 10.7. The van der Waals surface area contributed by atoms with Crippen molar-refractivity contribution in [2.24, 2.45) is 4.99 Å². The maximum absolute atomic E-state index is 10.7. The Hall–Kier alpha value is -3.13. The van der Waals surface area contributed by atoms with Gasteiger partial charge in [-0.15, -0.1) is 10.2 Å². The molecule has 7 nitrogen and oxygen atoms in total. The summed E-state index contributed by atoms with van der Waals surface area (Å²) >= 11 is 1.33. The summed E-state index contributed by atoms with van der Waals surface area (Å²) < 4.78 is 0. The molecule has 126 valence electrons. The minimum atomic E-state index is -0.429.